The highest BCUT2D eigenvalue weighted by molar-refractivity contribution is 6.31. The summed E-state index contributed by atoms with van der Waals surface area (Å²) in [6, 6.07) is 8.65. The minimum atomic E-state index is -4.66. The van der Waals surface area contributed by atoms with Crippen LogP contribution in [0, 0.1) is 11.6 Å². The Kier molecular flexibility index (Phi) is 6.80. The molecular formula is C22H15ClF5NO3. The minimum absolute atomic E-state index is 0.0332. The van der Waals surface area contributed by atoms with E-state index in [9.17, 15) is 31.9 Å². The van der Waals surface area contributed by atoms with E-state index in [-0.39, 0.29) is 27.4 Å². The van der Waals surface area contributed by atoms with Crippen molar-refractivity contribution >= 4 is 17.6 Å². The van der Waals surface area contributed by atoms with E-state index in [1.807, 2.05) is 0 Å². The first-order valence-corrected chi connectivity index (χ1v) is 9.53. The number of carbonyl (C=O) groups is 1. The Labute approximate surface area is 183 Å². The Bertz CT molecular complexity index is 1150. The maximum atomic E-state index is 13.7. The molecule has 168 valence electrons. The van der Waals surface area contributed by atoms with Crippen LogP contribution in [0.5, 0.6) is 0 Å². The van der Waals surface area contributed by atoms with Crippen molar-refractivity contribution in [3.8, 4) is 11.3 Å². The van der Waals surface area contributed by atoms with Gasteiger partial charge in [0.15, 0.2) is 0 Å². The number of aromatic carboxylic acids is 1. The van der Waals surface area contributed by atoms with Crippen LogP contribution in [0.2, 0.25) is 5.02 Å². The van der Waals surface area contributed by atoms with E-state index in [4.69, 9.17) is 16.7 Å². The fourth-order valence-electron chi connectivity index (χ4n) is 3.31. The molecule has 1 heterocycles. The third-order valence-corrected chi connectivity index (χ3v) is 5.14. The van der Waals surface area contributed by atoms with Crippen molar-refractivity contribution in [2.24, 2.45) is 0 Å². The molecule has 0 radical (unpaired) electrons. The van der Waals surface area contributed by atoms with Gasteiger partial charge in [-0.05, 0) is 53.6 Å². The zero-order chi connectivity index (χ0) is 23.6. The molecule has 0 fully saturated rings. The standard InChI is InChI=1S/C22H15ClF5NO3/c23-17-9-13(24)2-3-14(17)16(10-22(26,27)28)20(30)12-5-6-29-19(8-12)11-1-4-18(25)15(7-11)21(31)32/h1-9,16,20,30H,10H2,(H,31,32). The van der Waals surface area contributed by atoms with Gasteiger partial charge in [-0.2, -0.15) is 13.2 Å². The summed E-state index contributed by atoms with van der Waals surface area (Å²) < 4.78 is 66.8. The van der Waals surface area contributed by atoms with Crippen LogP contribution in [0.3, 0.4) is 0 Å². The molecule has 0 aliphatic rings. The number of alkyl halides is 3. The number of rotatable bonds is 6. The molecule has 0 aliphatic heterocycles. The van der Waals surface area contributed by atoms with Crippen LogP contribution in [-0.4, -0.2) is 27.3 Å². The van der Waals surface area contributed by atoms with Crippen molar-refractivity contribution in [2.45, 2.75) is 24.6 Å². The molecule has 3 rings (SSSR count). The summed E-state index contributed by atoms with van der Waals surface area (Å²) in [5.74, 6) is -4.76. The van der Waals surface area contributed by atoms with Crippen LogP contribution >= 0.6 is 11.6 Å². The lowest BCUT2D eigenvalue weighted by atomic mass is 9.86. The highest BCUT2D eigenvalue weighted by atomic mass is 35.5. The van der Waals surface area contributed by atoms with Gasteiger partial charge in [0.05, 0.1) is 23.8 Å². The average molecular weight is 472 g/mol. The molecule has 2 atom stereocenters. The van der Waals surface area contributed by atoms with Crippen LogP contribution < -0.4 is 0 Å². The second-order valence-electron chi connectivity index (χ2n) is 7.01. The lowest BCUT2D eigenvalue weighted by Gasteiger charge is -2.26. The van der Waals surface area contributed by atoms with E-state index in [1.165, 1.54) is 24.4 Å². The van der Waals surface area contributed by atoms with Gasteiger partial charge in [0.2, 0.25) is 0 Å². The number of carboxylic acid groups (broad SMARTS) is 1. The topological polar surface area (TPSA) is 70.4 Å². The number of hydrogen-bond donors (Lipinski definition) is 2. The normalized spacial score (nSPS) is 13.6. The molecule has 0 saturated carbocycles. The monoisotopic (exact) mass is 471 g/mol. The van der Waals surface area contributed by atoms with Crippen molar-refractivity contribution in [3.05, 3.63) is 88.1 Å². The molecule has 1 aromatic heterocycles. The maximum Gasteiger partial charge on any atom is 0.389 e. The summed E-state index contributed by atoms with van der Waals surface area (Å²) in [6.45, 7) is 0. The first kappa shape index (κ1) is 23.6. The van der Waals surface area contributed by atoms with E-state index in [2.05, 4.69) is 4.98 Å². The Morgan fingerprint density at radius 1 is 1.06 bits per heavy atom. The SMILES string of the molecule is O=C(O)c1cc(-c2cc(C(O)C(CC(F)(F)F)c3ccc(F)cc3Cl)ccn2)ccc1F. The smallest absolute Gasteiger partial charge is 0.389 e. The molecule has 4 nitrogen and oxygen atoms in total. The number of benzene rings is 2. The molecule has 0 bridgehead atoms. The van der Waals surface area contributed by atoms with Gasteiger partial charge < -0.3 is 10.2 Å². The number of halogens is 6. The van der Waals surface area contributed by atoms with E-state index in [0.717, 1.165) is 30.3 Å². The zero-order valence-corrected chi connectivity index (χ0v) is 16.8. The van der Waals surface area contributed by atoms with E-state index >= 15 is 0 Å². The van der Waals surface area contributed by atoms with Crippen molar-refractivity contribution in [1.82, 2.24) is 4.98 Å². The predicted octanol–water partition coefficient (Wildman–Crippen LogP) is 6.15. The number of carboxylic acids is 1. The minimum Gasteiger partial charge on any atom is -0.478 e. The van der Waals surface area contributed by atoms with Gasteiger partial charge >= 0.3 is 12.1 Å². The van der Waals surface area contributed by atoms with Crippen molar-refractivity contribution < 1.29 is 37.0 Å². The van der Waals surface area contributed by atoms with Gasteiger partial charge in [0.1, 0.15) is 11.6 Å². The summed E-state index contributed by atoms with van der Waals surface area (Å²) in [7, 11) is 0. The second kappa shape index (κ2) is 9.22. The van der Waals surface area contributed by atoms with Crippen LogP contribution in [0.4, 0.5) is 22.0 Å². The summed E-state index contributed by atoms with van der Waals surface area (Å²) >= 11 is 5.95. The van der Waals surface area contributed by atoms with Crippen LogP contribution in [0.1, 0.15) is 39.9 Å². The van der Waals surface area contributed by atoms with E-state index < -0.39 is 47.8 Å². The Morgan fingerprint density at radius 2 is 1.78 bits per heavy atom. The van der Waals surface area contributed by atoms with Gasteiger partial charge in [-0.15, -0.1) is 0 Å². The van der Waals surface area contributed by atoms with Crippen molar-refractivity contribution in [2.75, 3.05) is 0 Å². The van der Waals surface area contributed by atoms with Crippen LogP contribution in [0.15, 0.2) is 54.7 Å². The lowest BCUT2D eigenvalue weighted by Crippen LogP contribution is -2.20. The lowest BCUT2D eigenvalue weighted by molar-refractivity contribution is -0.145. The molecule has 0 aliphatic carbocycles. The summed E-state index contributed by atoms with van der Waals surface area (Å²) in [5, 5.41) is 19.6. The highest BCUT2D eigenvalue weighted by Gasteiger charge is 2.37. The van der Waals surface area contributed by atoms with E-state index in [1.54, 1.807) is 0 Å². The molecule has 0 saturated heterocycles. The second-order valence-corrected chi connectivity index (χ2v) is 7.42. The number of nitrogens with zero attached hydrogens (tertiary/aromatic N) is 1. The summed E-state index contributed by atoms with van der Waals surface area (Å²) in [4.78, 5) is 15.2. The Hall–Kier alpha value is -3.04. The predicted molar refractivity (Wildman–Crippen MR) is 106 cm³/mol. The molecule has 3 aromatic rings. The first-order valence-electron chi connectivity index (χ1n) is 9.15. The summed E-state index contributed by atoms with van der Waals surface area (Å²) in [6.07, 6.45) is -6.58. The number of aromatic nitrogens is 1. The van der Waals surface area contributed by atoms with Gasteiger partial charge in [-0.1, -0.05) is 17.7 Å². The van der Waals surface area contributed by atoms with E-state index in [0.29, 0.717) is 0 Å². The molecule has 2 N–H and O–H groups in total. The number of aliphatic hydroxyl groups excluding tert-OH is 1. The van der Waals surface area contributed by atoms with Crippen molar-refractivity contribution in [1.29, 1.82) is 0 Å². The van der Waals surface area contributed by atoms with Crippen LogP contribution in [-0.2, 0) is 0 Å². The fourth-order valence-corrected chi connectivity index (χ4v) is 3.62. The largest absolute Gasteiger partial charge is 0.478 e. The van der Waals surface area contributed by atoms with Gasteiger partial charge in [-0.3, -0.25) is 4.98 Å². The average Bonchev–Trinajstić information content (AvgIpc) is 2.71. The zero-order valence-electron chi connectivity index (χ0n) is 16.1. The summed E-state index contributed by atoms with van der Waals surface area (Å²) in [5.41, 5.74) is -0.370. The van der Waals surface area contributed by atoms with Crippen molar-refractivity contribution in [3.63, 3.8) is 0 Å². The molecule has 0 amide bonds. The molecule has 32 heavy (non-hydrogen) atoms. The third kappa shape index (κ3) is 5.41. The number of hydrogen-bond acceptors (Lipinski definition) is 3. The first-order chi connectivity index (χ1) is 15.0. The quantitative estimate of drug-likeness (QED) is 0.423. The maximum absolute atomic E-state index is 13.7. The molecule has 0 spiro atoms. The molecule has 2 aromatic carbocycles. The molecule has 2 unspecified atom stereocenters. The number of pyridine rings is 1. The number of aliphatic hydroxyl groups is 1. The van der Waals surface area contributed by atoms with Gasteiger partial charge in [0.25, 0.3) is 0 Å². The Morgan fingerprint density at radius 3 is 2.41 bits per heavy atom. The van der Waals surface area contributed by atoms with Crippen LogP contribution in [0.25, 0.3) is 11.3 Å². The Balaban J connectivity index is 2.03. The van der Waals surface area contributed by atoms with Gasteiger partial charge in [0, 0.05) is 22.7 Å². The third-order valence-electron chi connectivity index (χ3n) is 4.81. The highest BCUT2D eigenvalue weighted by Crippen LogP contribution is 2.42. The fraction of sp³-hybridized carbons (Fsp3) is 0.182. The molecular weight excluding hydrogens is 457 g/mol. The van der Waals surface area contributed by atoms with Gasteiger partial charge in [-0.25, -0.2) is 13.6 Å². The molecule has 10 heteroatoms.